The van der Waals surface area contributed by atoms with Crippen LogP contribution in [0.4, 0.5) is 21.6 Å². The van der Waals surface area contributed by atoms with Crippen LogP contribution < -0.4 is 10.6 Å². The van der Waals surface area contributed by atoms with Crippen molar-refractivity contribution in [3.05, 3.63) is 102 Å². The Morgan fingerprint density at radius 2 is 1.70 bits per heavy atom. The summed E-state index contributed by atoms with van der Waals surface area (Å²) in [7, 11) is 0. The van der Waals surface area contributed by atoms with Crippen molar-refractivity contribution in [2.75, 3.05) is 10.6 Å². The van der Waals surface area contributed by atoms with Crippen molar-refractivity contribution in [1.82, 2.24) is 9.97 Å². The van der Waals surface area contributed by atoms with Crippen LogP contribution in [0.1, 0.15) is 15.9 Å². The van der Waals surface area contributed by atoms with Gasteiger partial charge in [0.1, 0.15) is 11.6 Å². The van der Waals surface area contributed by atoms with E-state index in [4.69, 9.17) is 0 Å². The van der Waals surface area contributed by atoms with Gasteiger partial charge in [-0.3, -0.25) is 4.79 Å². The van der Waals surface area contributed by atoms with Crippen molar-refractivity contribution in [1.29, 1.82) is 0 Å². The van der Waals surface area contributed by atoms with Gasteiger partial charge < -0.3 is 10.6 Å². The van der Waals surface area contributed by atoms with Crippen LogP contribution in [-0.4, -0.2) is 15.9 Å². The molecule has 0 saturated heterocycles. The first-order valence-electron chi connectivity index (χ1n) is 9.41. The van der Waals surface area contributed by atoms with Gasteiger partial charge in [0.2, 0.25) is 0 Å². The Morgan fingerprint density at radius 3 is 2.50 bits per heavy atom. The molecule has 148 valence electrons. The first-order chi connectivity index (χ1) is 14.6. The molecule has 0 unspecified atom stereocenters. The second-order valence-electron chi connectivity index (χ2n) is 6.80. The largest absolute Gasteiger partial charge is 0.340 e. The van der Waals surface area contributed by atoms with E-state index in [1.54, 1.807) is 42.6 Å². The van der Waals surface area contributed by atoms with Crippen LogP contribution in [0.2, 0.25) is 0 Å². The molecule has 1 aromatic heterocycles. The Morgan fingerprint density at radius 1 is 0.900 bits per heavy atom. The molecule has 0 spiro atoms. The molecule has 0 atom stereocenters. The minimum Gasteiger partial charge on any atom is -0.340 e. The Balaban J connectivity index is 1.51. The molecule has 1 heterocycles. The minimum absolute atomic E-state index is 0.203. The molecule has 0 radical (unpaired) electrons. The molecule has 4 rings (SSSR count). The smallest absolute Gasteiger partial charge is 0.255 e. The summed E-state index contributed by atoms with van der Waals surface area (Å²) in [6.45, 7) is 1.99. The quantitative estimate of drug-likeness (QED) is 0.460. The Bertz CT molecular complexity index is 1190. The SMILES string of the molecule is Cc1ccc(NC(=O)c2cccc(Nc3ccnc(-c4cccc(F)c4)n3)c2)cc1. The zero-order valence-corrected chi connectivity index (χ0v) is 16.3. The van der Waals surface area contributed by atoms with Crippen LogP contribution in [0.5, 0.6) is 0 Å². The first-order valence-corrected chi connectivity index (χ1v) is 9.41. The summed E-state index contributed by atoms with van der Waals surface area (Å²) in [6.07, 6.45) is 1.60. The van der Waals surface area contributed by atoms with Crippen molar-refractivity contribution in [2.24, 2.45) is 0 Å². The fourth-order valence-electron chi connectivity index (χ4n) is 2.92. The van der Waals surface area contributed by atoms with Crippen LogP contribution in [-0.2, 0) is 0 Å². The normalized spacial score (nSPS) is 10.5. The van der Waals surface area contributed by atoms with Gasteiger partial charge in [-0.15, -0.1) is 0 Å². The number of anilines is 3. The first kappa shape index (κ1) is 19.3. The van der Waals surface area contributed by atoms with Gasteiger partial charge in [0.25, 0.3) is 5.91 Å². The maximum absolute atomic E-state index is 13.5. The lowest BCUT2D eigenvalue weighted by Gasteiger charge is -2.10. The highest BCUT2D eigenvalue weighted by molar-refractivity contribution is 6.04. The van der Waals surface area contributed by atoms with Gasteiger partial charge in [0.05, 0.1) is 0 Å². The molecule has 0 fully saturated rings. The second kappa shape index (κ2) is 8.53. The number of rotatable bonds is 5. The molecule has 0 aliphatic carbocycles. The zero-order chi connectivity index (χ0) is 20.9. The zero-order valence-electron chi connectivity index (χ0n) is 16.3. The molecule has 6 heteroatoms. The van der Waals surface area contributed by atoms with E-state index in [1.807, 2.05) is 37.3 Å². The highest BCUT2D eigenvalue weighted by Gasteiger charge is 2.08. The summed E-state index contributed by atoms with van der Waals surface area (Å²) in [5, 5.41) is 6.05. The Hall–Kier alpha value is -4.06. The topological polar surface area (TPSA) is 66.9 Å². The van der Waals surface area contributed by atoms with Gasteiger partial charge in [-0.05, 0) is 55.5 Å². The van der Waals surface area contributed by atoms with Gasteiger partial charge >= 0.3 is 0 Å². The molecule has 0 bridgehead atoms. The predicted octanol–water partition coefficient (Wildman–Crippen LogP) is 5.59. The molecule has 0 aliphatic heterocycles. The summed E-state index contributed by atoms with van der Waals surface area (Å²) in [6, 6.07) is 22.6. The molecule has 4 aromatic rings. The Labute approximate surface area is 173 Å². The van der Waals surface area contributed by atoms with Gasteiger partial charge in [-0.1, -0.05) is 35.9 Å². The highest BCUT2D eigenvalue weighted by Crippen LogP contribution is 2.21. The van der Waals surface area contributed by atoms with E-state index in [1.165, 1.54) is 12.1 Å². The fourth-order valence-corrected chi connectivity index (χ4v) is 2.92. The lowest BCUT2D eigenvalue weighted by atomic mass is 10.1. The number of carbonyl (C=O) groups is 1. The standard InChI is InChI=1S/C24H19FN4O/c1-16-8-10-20(11-9-16)28-24(30)18-5-3-7-21(15-18)27-22-12-13-26-23(29-22)17-4-2-6-19(25)14-17/h2-15H,1H3,(H,28,30)(H,26,27,29). The monoisotopic (exact) mass is 398 g/mol. The van der Waals surface area contributed by atoms with Crippen molar-refractivity contribution in [3.63, 3.8) is 0 Å². The third-order valence-electron chi connectivity index (χ3n) is 4.44. The average Bonchev–Trinajstić information content (AvgIpc) is 2.76. The molecular formula is C24H19FN4O. The molecular weight excluding hydrogens is 379 g/mol. The molecule has 0 aliphatic rings. The molecule has 5 nitrogen and oxygen atoms in total. The number of benzene rings is 3. The summed E-state index contributed by atoms with van der Waals surface area (Å²) < 4.78 is 13.5. The van der Waals surface area contributed by atoms with E-state index in [9.17, 15) is 9.18 Å². The number of hydrogen-bond acceptors (Lipinski definition) is 4. The lowest BCUT2D eigenvalue weighted by Crippen LogP contribution is -2.12. The lowest BCUT2D eigenvalue weighted by molar-refractivity contribution is 0.102. The maximum Gasteiger partial charge on any atom is 0.255 e. The number of nitrogens with zero attached hydrogens (tertiary/aromatic N) is 2. The van der Waals surface area contributed by atoms with E-state index in [-0.39, 0.29) is 11.7 Å². The van der Waals surface area contributed by atoms with Crippen molar-refractivity contribution < 1.29 is 9.18 Å². The number of halogens is 1. The average molecular weight is 398 g/mol. The van der Waals surface area contributed by atoms with E-state index >= 15 is 0 Å². The number of hydrogen-bond donors (Lipinski definition) is 2. The van der Waals surface area contributed by atoms with E-state index in [0.717, 1.165) is 11.3 Å². The third kappa shape index (κ3) is 4.67. The minimum atomic E-state index is -0.346. The summed E-state index contributed by atoms with van der Waals surface area (Å²) >= 11 is 0. The van der Waals surface area contributed by atoms with Gasteiger partial charge in [0.15, 0.2) is 5.82 Å². The number of nitrogens with one attached hydrogen (secondary N) is 2. The third-order valence-corrected chi connectivity index (χ3v) is 4.44. The van der Waals surface area contributed by atoms with Gasteiger partial charge in [-0.2, -0.15) is 0 Å². The molecule has 30 heavy (non-hydrogen) atoms. The van der Waals surface area contributed by atoms with Crippen molar-refractivity contribution in [3.8, 4) is 11.4 Å². The molecule has 3 aromatic carbocycles. The molecule has 0 saturated carbocycles. The summed E-state index contributed by atoms with van der Waals surface area (Å²) in [5.74, 6) is 0.403. The fraction of sp³-hybridized carbons (Fsp3) is 0.0417. The van der Waals surface area contributed by atoms with Gasteiger partial charge in [-0.25, -0.2) is 14.4 Å². The number of aryl methyl sites for hydroxylation is 1. The highest BCUT2D eigenvalue weighted by atomic mass is 19.1. The summed E-state index contributed by atoms with van der Waals surface area (Å²) in [5.41, 5.74) is 3.67. The maximum atomic E-state index is 13.5. The Kier molecular flexibility index (Phi) is 5.48. The predicted molar refractivity (Wildman–Crippen MR) is 116 cm³/mol. The van der Waals surface area contributed by atoms with Crippen LogP contribution in [0.25, 0.3) is 11.4 Å². The van der Waals surface area contributed by atoms with Crippen LogP contribution >= 0.6 is 0 Å². The number of amides is 1. The van der Waals surface area contributed by atoms with Crippen molar-refractivity contribution in [2.45, 2.75) is 6.92 Å². The molecule has 2 N–H and O–H groups in total. The number of aromatic nitrogens is 2. The van der Waals surface area contributed by atoms with E-state index in [0.29, 0.717) is 28.5 Å². The van der Waals surface area contributed by atoms with Gasteiger partial charge in [0, 0.05) is 28.7 Å². The van der Waals surface area contributed by atoms with E-state index in [2.05, 4.69) is 20.6 Å². The van der Waals surface area contributed by atoms with Crippen molar-refractivity contribution >= 4 is 23.1 Å². The second-order valence-corrected chi connectivity index (χ2v) is 6.80. The number of carbonyl (C=O) groups excluding carboxylic acids is 1. The van der Waals surface area contributed by atoms with Crippen LogP contribution in [0.3, 0.4) is 0 Å². The molecule has 1 amide bonds. The van der Waals surface area contributed by atoms with Crippen LogP contribution in [0, 0.1) is 12.7 Å². The van der Waals surface area contributed by atoms with Crippen LogP contribution in [0.15, 0.2) is 85.1 Å². The summed E-state index contributed by atoms with van der Waals surface area (Å²) in [4.78, 5) is 21.2. The van der Waals surface area contributed by atoms with E-state index < -0.39 is 0 Å².